The molecule has 0 aliphatic heterocycles. The molecule has 4 rings (SSSR count). The monoisotopic (exact) mass is 431 g/mol. The molecule has 0 radical (unpaired) electrons. The van der Waals surface area contributed by atoms with Crippen molar-refractivity contribution >= 4 is 17.6 Å². The standard InChI is InChI=1S/C25H29N5O2/c1-26-25(28-16-22-17-32-24(30-22)20-11-3-2-4-12-20)27-15-18-8-7-13-21(14-18)29-23(31)19-9-5-6-10-19/h2-4,7-8,11-14,17,19H,5-6,9-10,15-16H2,1H3,(H,29,31)(H2,26,27,28). The molecule has 0 spiro atoms. The summed E-state index contributed by atoms with van der Waals surface area (Å²) in [6, 6.07) is 17.7. The minimum Gasteiger partial charge on any atom is -0.444 e. The lowest BCUT2D eigenvalue weighted by Gasteiger charge is -2.13. The molecular formula is C25H29N5O2. The van der Waals surface area contributed by atoms with E-state index in [1.807, 2.05) is 54.6 Å². The van der Waals surface area contributed by atoms with Crippen molar-refractivity contribution in [2.75, 3.05) is 12.4 Å². The van der Waals surface area contributed by atoms with Crippen LogP contribution in [0.5, 0.6) is 0 Å². The Kier molecular flexibility index (Phi) is 7.17. The van der Waals surface area contributed by atoms with Crippen molar-refractivity contribution in [3.63, 3.8) is 0 Å². The molecule has 1 aliphatic rings. The lowest BCUT2D eigenvalue weighted by Crippen LogP contribution is -2.36. The SMILES string of the molecule is CN=C(NCc1cccc(NC(=O)C2CCCC2)c1)NCc1coc(-c2ccccc2)n1. The number of hydrogen-bond acceptors (Lipinski definition) is 4. The number of amides is 1. The Morgan fingerprint density at radius 2 is 1.84 bits per heavy atom. The highest BCUT2D eigenvalue weighted by Crippen LogP contribution is 2.26. The molecule has 1 aromatic heterocycles. The highest BCUT2D eigenvalue weighted by Gasteiger charge is 2.22. The predicted octanol–water partition coefficient (Wildman–Crippen LogP) is 4.34. The summed E-state index contributed by atoms with van der Waals surface area (Å²) in [5, 5.41) is 9.61. The van der Waals surface area contributed by atoms with Crippen molar-refractivity contribution in [1.29, 1.82) is 0 Å². The summed E-state index contributed by atoms with van der Waals surface area (Å²) in [5.41, 5.74) is 3.63. The van der Waals surface area contributed by atoms with E-state index in [1.54, 1.807) is 13.3 Å². The summed E-state index contributed by atoms with van der Waals surface area (Å²) in [6.07, 6.45) is 5.94. The molecule has 3 N–H and O–H groups in total. The number of nitrogens with one attached hydrogen (secondary N) is 3. The number of oxazole rings is 1. The van der Waals surface area contributed by atoms with Gasteiger partial charge in [-0.25, -0.2) is 4.98 Å². The van der Waals surface area contributed by atoms with Crippen LogP contribution in [0.2, 0.25) is 0 Å². The molecule has 32 heavy (non-hydrogen) atoms. The summed E-state index contributed by atoms with van der Waals surface area (Å²) in [6.45, 7) is 1.08. The van der Waals surface area contributed by atoms with E-state index in [-0.39, 0.29) is 11.8 Å². The molecule has 7 nitrogen and oxygen atoms in total. The van der Waals surface area contributed by atoms with E-state index >= 15 is 0 Å². The van der Waals surface area contributed by atoms with Gasteiger partial charge in [-0.3, -0.25) is 9.79 Å². The van der Waals surface area contributed by atoms with E-state index in [0.29, 0.717) is 24.9 Å². The average Bonchev–Trinajstić information content (AvgIpc) is 3.53. The lowest BCUT2D eigenvalue weighted by molar-refractivity contribution is -0.119. The van der Waals surface area contributed by atoms with Gasteiger partial charge in [-0.1, -0.05) is 43.2 Å². The third-order valence-electron chi connectivity index (χ3n) is 5.61. The molecule has 1 amide bonds. The first kappa shape index (κ1) is 21.6. The molecule has 166 valence electrons. The number of anilines is 1. The molecule has 3 aromatic rings. The molecule has 1 saturated carbocycles. The van der Waals surface area contributed by atoms with Gasteiger partial charge in [-0.05, 0) is 42.7 Å². The van der Waals surface area contributed by atoms with E-state index in [1.165, 1.54) is 0 Å². The number of guanidine groups is 1. The van der Waals surface area contributed by atoms with Gasteiger partial charge in [0.05, 0.1) is 12.2 Å². The van der Waals surface area contributed by atoms with E-state index < -0.39 is 0 Å². The first-order chi connectivity index (χ1) is 15.7. The van der Waals surface area contributed by atoms with Crippen molar-refractivity contribution < 1.29 is 9.21 Å². The Hall–Kier alpha value is -3.61. The number of benzene rings is 2. The van der Waals surface area contributed by atoms with Crippen LogP contribution in [0.4, 0.5) is 5.69 Å². The number of rotatable bonds is 7. The first-order valence-corrected chi connectivity index (χ1v) is 11.1. The molecule has 0 bridgehead atoms. The van der Waals surface area contributed by atoms with Crippen LogP contribution in [-0.2, 0) is 17.9 Å². The Labute approximate surface area is 188 Å². The smallest absolute Gasteiger partial charge is 0.227 e. The second-order valence-electron chi connectivity index (χ2n) is 7.96. The van der Waals surface area contributed by atoms with Crippen LogP contribution < -0.4 is 16.0 Å². The van der Waals surface area contributed by atoms with Crippen molar-refractivity contribution in [2.45, 2.75) is 38.8 Å². The van der Waals surface area contributed by atoms with Crippen LogP contribution in [0.1, 0.15) is 36.9 Å². The molecule has 1 heterocycles. The van der Waals surface area contributed by atoms with Crippen molar-refractivity contribution in [3.8, 4) is 11.5 Å². The van der Waals surface area contributed by atoms with Crippen LogP contribution in [-0.4, -0.2) is 23.9 Å². The summed E-state index contributed by atoms with van der Waals surface area (Å²) in [4.78, 5) is 21.2. The van der Waals surface area contributed by atoms with E-state index in [2.05, 4.69) is 25.9 Å². The van der Waals surface area contributed by atoms with Gasteiger partial charge >= 0.3 is 0 Å². The number of carbonyl (C=O) groups excluding carboxylic acids is 1. The van der Waals surface area contributed by atoms with Gasteiger partial charge < -0.3 is 20.4 Å². The normalized spacial score (nSPS) is 14.3. The molecule has 1 fully saturated rings. The molecule has 0 saturated heterocycles. The number of aliphatic imine (C=N–C) groups is 1. The predicted molar refractivity (Wildman–Crippen MR) is 126 cm³/mol. The first-order valence-electron chi connectivity index (χ1n) is 11.1. The van der Waals surface area contributed by atoms with Gasteiger partial charge in [-0.15, -0.1) is 0 Å². The third-order valence-corrected chi connectivity index (χ3v) is 5.61. The largest absolute Gasteiger partial charge is 0.444 e. The topological polar surface area (TPSA) is 91.5 Å². The van der Waals surface area contributed by atoms with Crippen molar-refractivity contribution in [3.05, 3.63) is 72.1 Å². The Morgan fingerprint density at radius 1 is 1.06 bits per heavy atom. The Balaban J connectivity index is 1.27. The summed E-state index contributed by atoms with van der Waals surface area (Å²) in [5.74, 6) is 1.54. The van der Waals surface area contributed by atoms with E-state index in [4.69, 9.17) is 4.42 Å². The van der Waals surface area contributed by atoms with Gasteiger partial charge in [0.15, 0.2) is 5.96 Å². The van der Waals surface area contributed by atoms with Gasteiger partial charge in [0.1, 0.15) is 6.26 Å². The lowest BCUT2D eigenvalue weighted by atomic mass is 10.1. The molecule has 7 heteroatoms. The fourth-order valence-corrected chi connectivity index (χ4v) is 3.87. The summed E-state index contributed by atoms with van der Waals surface area (Å²) >= 11 is 0. The van der Waals surface area contributed by atoms with Crippen molar-refractivity contribution in [2.24, 2.45) is 10.9 Å². The Morgan fingerprint density at radius 3 is 2.62 bits per heavy atom. The molecule has 2 aromatic carbocycles. The Bertz CT molecular complexity index is 1050. The van der Waals surface area contributed by atoms with Gasteiger partial charge in [0, 0.05) is 30.8 Å². The molecule has 0 atom stereocenters. The van der Waals surface area contributed by atoms with E-state index in [0.717, 1.165) is 48.2 Å². The van der Waals surface area contributed by atoms with Gasteiger partial charge in [0.25, 0.3) is 0 Å². The maximum absolute atomic E-state index is 12.4. The second kappa shape index (κ2) is 10.6. The maximum atomic E-state index is 12.4. The number of carbonyl (C=O) groups is 1. The minimum atomic E-state index is 0.132. The average molecular weight is 432 g/mol. The molecule has 0 unspecified atom stereocenters. The van der Waals surface area contributed by atoms with Gasteiger partial charge in [-0.2, -0.15) is 0 Å². The highest BCUT2D eigenvalue weighted by atomic mass is 16.3. The third kappa shape index (κ3) is 5.75. The van der Waals surface area contributed by atoms with Crippen LogP contribution in [0.25, 0.3) is 11.5 Å². The number of nitrogens with zero attached hydrogens (tertiary/aromatic N) is 2. The zero-order valence-corrected chi connectivity index (χ0v) is 18.3. The maximum Gasteiger partial charge on any atom is 0.227 e. The van der Waals surface area contributed by atoms with Gasteiger partial charge in [0.2, 0.25) is 11.8 Å². The quantitative estimate of drug-likeness (QED) is 0.382. The molecular weight excluding hydrogens is 402 g/mol. The second-order valence-corrected chi connectivity index (χ2v) is 7.96. The fourth-order valence-electron chi connectivity index (χ4n) is 3.87. The fraction of sp³-hybridized carbons (Fsp3) is 0.320. The van der Waals surface area contributed by atoms with Crippen LogP contribution in [0.15, 0.2) is 70.3 Å². The summed E-state index contributed by atoms with van der Waals surface area (Å²) in [7, 11) is 1.73. The minimum absolute atomic E-state index is 0.132. The zero-order valence-electron chi connectivity index (χ0n) is 18.3. The van der Waals surface area contributed by atoms with Crippen LogP contribution >= 0.6 is 0 Å². The number of hydrogen-bond donors (Lipinski definition) is 3. The summed E-state index contributed by atoms with van der Waals surface area (Å²) < 4.78 is 5.58. The van der Waals surface area contributed by atoms with Crippen LogP contribution in [0, 0.1) is 5.92 Å². The van der Waals surface area contributed by atoms with Crippen LogP contribution in [0.3, 0.4) is 0 Å². The van der Waals surface area contributed by atoms with E-state index in [9.17, 15) is 4.79 Å². The molecule has 1 aliphatic carbocycles. The number of aromatic nitrogens is 1. The van der Waals surface area contributed by atoms with Crippen molar-refractivity contribution in [1.82, 2.24) is 15.6 Å². The highest BCUT2D eigenvalue weighted by molar-refractivity contribution is 5.92. The zero-order chi connectivity index (χ0) is 22.2.